The Morgan fingerprint density at radius 2 is 1.79 bits per heavy atom. The van der Waals surface area contributed by atoms with Crippen LogP contribution in [0, 0.1) is 6.92 Å². The van der Waals surface area contributed by atoms with Crippen LogP contribution in [0.3, 0.4) is 0 Å². The van der Waals surface area contributed by atoms with E-state index >= 15 is 0 Å². The smallest absolute Gasteiger partial charge is 0.264 e. The predicted octanol–water partition coefficient (Wildman–Crippen LogP) is 4.31. The van der Waals surface area contributed by atoms with Crippen LogP contribution in [0.25, 0.3) is 10.8 Å². The van der Waals surface area contributed by atoms with Crippen LogP contribution in [0.1, 0.15) is 5.56 Å². The molecule has 1 aliphatic heterocycles. The summed E-state index contributed by atoms with van der Waals surface area (Å²) in [5.74, 6) is 1.19. The van der Waals surface area contributed by atoms with E-state index in [-0.39, 0.29) is 24.6 Å². The Bertz CT molecular complexity index is 1560. The maximum Gasteiger partial charge on any atom is 0.264 e. The summed E-state index contributed by atoms with van der Waals surface area (Å²) in [5.41, 5.74) is 1.27. The highest BCUT2D eigenvalue weighted by atomic mass is 32.2. The third-order valence-electron chi connectivity index (χ3n) is 6.33. The van der Waals surface area contributed by atoms with Gasteiger partial charge in [-0.05, 0) is 60.3 Å². The van der Waals surface area contributed by atoms with E-state index in [4.69, 9.17) is 14.2 Å². The number of nitrogens with zero attached hydrogens (tertiary/aromatic N) is 1. The number of methoxy groups -OCH3 is 1. The zero-order chi connectivity index (χ0) is 26.7. The van der Waals surface area contributed by atoms with E-state index in [0.29, 0.717) is 17.2 Å². The van der Waals surface area contributed by atoms with Crippen molar-refractivity contribution in [3.8, 4) is 17.2 Å². The highest BCUT2D eigenvalue weighted by molar-refractivity contribution is 7.92. The van der Waals surface area contributed by atoms with Gasteiger partial charge in [0.1, 0.15) is 23.9 Å². The number of carbonyl (C=O) groups is 1. The number of aryl methyl sites for hydroxylation is 1. The molecule has 1 aliphatic rings. The highest BCUT2D eigenvalue weighted by Crippen LogP contribution is 2.38. The van der Waals surface area contributed by atoms with Gasteiger partial charge in [0.15, 0.2) is 6.10 Å². The molecule has 0 fully saturated rings. The number of anilines is 1. The lowest BCUT2D eigenvalue weighted by Crippen LogP contribution is -2.51. The van der Waals surface area contributed by atoms with E-state index in [9.17, 15) is 13.2 Å². The molecule has 0 aliphatic carbocycles. The minimum Gasteiger partial charge on any atom is -0.497 e. The maximum atomic E-state index is 13.6. The molecule has 8 nitrogen and oxygen atoms in total. The van der Waals surface area contributed by atoms with Gasteiger partial charge >= 0.3 is 0 Å². The summed E-state index contributed by atoms with van der Waals surface area (Å²) < 4.78 is 45.5. The van der Waals surface area contributed by atoms with Crippen LogP contribution >= 0.6 is 0 Å². The fourth-order valence-corrected chi connectivity index (χ4v) is 5.85. The molecule has 196 valence electrons. The molecule has 4 aromatic rings. The predicted molar refractivity (Wildman–Crippen MR) is 146 cm³/mol. The Labute approximate surface area is 221 Å². The Morgan fingerprint density at radius 1 is 1.03 bits per heavy atom. The average Bonchev–Trinajstić information content (AvgIpc) is 2.94. The van der Waals surface area contributed by atoms with Gasteiger partial charge in [-0.25, -0.2) is 8.42 Å². The Balaban J connectivity index is 1.30. The fraction of sp³-hybridized carbons (Fsp3) is 0.207. The van der Waals surface area contributed by atoms with Gasteiger partial charge in [-0.1, -0.05) is 42.5 Å². The third-order valence-corrected chi connectivity index (χ3v) is 8.13. The summed E-state index contributed by atoms with van der Waals surface area (Å²) in [6, 6.07) is 25.1. The van der Waals surface area contributed by atoms with Gasteiger partial charge in [-0.3, -0.25) is 9.10 Å². The first-order valence-corrected chi connectivity index (χ1v) is 13.6. The molecule has 1 amide bonds. The number of hydrogen-bond acceptors (Lipinski definition) is 6. The van der Waals surface area contributed by atoms with E-state index in [1.807, 2.05) is 55.5 Å². The summed E-state index contributed by atoms with van der Waals surface area (Å²) in [4.78, 5) is 13.2. The number of carbonyl (C=O) groups excluding carboxylic acids is 1. The minimum atomic E-state index is -3.97. The first-order valence-electron chi connectivity index (χ1n) is 12.2. The van der Waals surface area contributed by atoms with Gasteiger partial charge in [-0.2, -0.15) is 0 Å². The van der Waals surface area contributed by atoms with Gasteiger partial charge in [0.25, 0.3) is 15.9 Å². The lowest BCUT2D eigenvalue weighted by atomic mass is 10.1. The fourth-order valence-electron chi connectivity index (χ4n) is 4.37. The molecule has 0 aromatic heterocycles. The molecule has 0 spiro atoms. The Kier molecular flexibility index (Phi) is 7.11. The molecule has 0 radical (unpaired) electrons. The van der Waals surface area contributed by atoms with E-state index in [1.165, 1.54) is 23.5 Å². The number of fused-ring (bicyclic) bond motifs is 2. The van der Waals surface area contributed by atoms with Gasteiger partial charge in [-0.15, -0.1) is 0 Å². The normalized spacial score (nSPS) is 14.9. The quantitative estimate of drug-likeness (QED) is 0.340. The average molecular weight is 533 g/mol. The summed E-state index contributed by atoms with van der Waals surface area (Å²) in [7, 11) is -2.45. The third kappa shape index (κ3) is 5.10. The van der Waals surface area contributed by atoms with Crippen LogP contribution in [0.15, 0.2) is 89.8 Å². The van der Waals surface area contributed by atoms with Crippen LogP contribution in [-0.4, -0.2) is 47.2 Å². The Hall–Kier alpha value is -4.24. The van der Waals surface area contributed by atoms with Crippen LogP contribution in [0.2, 0.25) is 0 Å². The lowest BCUT2D eigenvalue weighted by Gasteiger charge is -2.35. The van der Waals surface area contributed by atoms with Gasteiger partial charge in [0.2, 0.25) is 0 Å². The summed E-state index contributed by atoms with van der Waals surface area (Å²) in [6.45, 7) is 2.19. The van der Waals surface area contributed by atoms with Crippen LogP contribution in [0.5, 0.6) is 17.2 Å². The molecule has 5 rings (SSSR count). The molecule has 0 saturated carbocycles. The van der Waals surface area contributed by atoms with E-state index in [1.54, 1.807) is 24.3 Å². The van der Waals surface area contributed by atoms with Crippen molar-refractivity contribution in [2.24, 2.45) is 0 Å². The molecule has 0 bridgehead atoms. The molecular formula is C29H28N2O6S. The number of hydrogen-bond donors (Lipinski definition) is 1. The standard InChI is InChI=1S/C29H28N2O6S/c1-20-10-15-25-27(18-20)37-28(19-31(25)38(33,34)23-13-11-22(35-2)12-14-23)29(32)30-16-17-36-26-9-5-7-21-6-3-4-8-24(21)26/h3-15,18,28H,16-17,19H2,1-2H3,(H,30,32)/t28-/m0/s1. The SMILES string of the molecule is COc1ccc(S(=O)(=O)N2C[C@@H](C(=O)NCCOc3cccc4ccccc34)Oc3cc(C)ccc32)cc1. The summed E-state index contributed by atoms with van der Waals surface area (Å²) >= 11 is 0. The molecule has 1 atom stereocenters. The number of ether oxygens (including phenoxy) is 3. The number of sulfonamides is 1. The van der Waals surface area contributed by atoms with Crippen LogP contribution in [-0.2, 0) is 14.8 Å². The first-order chi connectivity index (χ1) is 18.4. The number of nitrogens with one attached hydrogen (secondary N) is 1. The molecule has 4 aromatic carbocycles. The first kappa shape index (κ1) is 25.4. The molecule has 0 saturated heterocycles. The van der Waals surface area contributed by atoms with Crippen molar-refractivity contribution in [2.45, 2.75) is 17.9 Å². The zero-order valence-electron chi connectivity index (χ0n) is 21.1. The van der Waals surface area contributed by atoms with E-state index in [2.05, 4.69) is 5.32 Å². The van der Waals surface area contributed by atoms with Crippen LogP contribution in [0.4, 0.5) is 5.69 Å². The minimum absolute atomic E-state index is 0.0920. The molecule has 38 heavy (non-hydrogen) atoms. The van der Waals surface area contributed by atoms with Crippen molar-refractivity contribution in [2.75, 3.05) is 31.1 Å². The second-order valence-corrected chi connectivity index (χ2v) is 10.8. The van der Waals surface area contributed by atoms with Crippen molar-refractivity contribution < 1.29 is 27.4 Å². The largest absolute Gasteiger partial charge is 0.497 e. The second-order valence-electron chi connectivity index (χ2n) is 8.91. The molecule has 9 heteroatoms. The maximum absolute atomic E-state index is 13.6. The van der Waals surface area contributed by atoms with Gasteiger partial charge in [0.05, 0.1) is 30.8 Å². The number of benzene rings is 4. The van der Waals surface area contributed by atoms with Crippen LogP contribution < -0.4 is 23.8 Å². The molecule has 1 heterocycles. The van der Waals surface area contributed by atoms with E-state index in [0.717, 1.165) is 22.1 Å². The highest BCUT2D eigenvalue weighted by Gasteiger charge is 2.37. The van der Waals surface area contributed by atoms with Crippen molar-refractivity contribution in [3.05, 3.63) is 90.5 Å². The van der Waals surface area contributed by atoms with Crippen molar-refractivity contribution in [3.63, 3.8) is 0 Å². The number of amides is 1. The zero-order valence-corrected chi connectivity index (χ0v) is 21.9. The monoisotopic (exact) mass is 532 g/mol. The van der Waals surface area contributed by atoms with Gasteiger partial charge in [0, 0.05) is 5.39 Å². The van der Waals surface area contributed by atoms with E-state index < -0.39 is 22.0 Å². The van der Waals surface area contributed by atoms with Crippen molar-refractivity contribution in [1.82, 2.24) is 5.32 Å². The topological polar surface area (TPSA) is 94.2 Å². The lowest BCUT2D eigenvalue weighted by molar-refractivity contribution is -0.127. The second kappa shape index (κ2) is 10.6. The molecule has 1 N–H and O–H groups in total. The summed E-state index contributed by atoms with van der Waals surface area (Å²) in [5, 5.41) is 4.87. The summed E-state index contributed by atoms with van der Waals surface area (Å²) in [6.07, 6.45) is -1.03. The molecular weight excluding hydrogens is 504 g/mol. The van der Waals surface area contributed by atoms with Crippen molar-refractivity contribution >= 4 is 32.4 Å². The Morgan fingerprint density at radius 3 is 2.58 bits per heavy atom. The number of rotatable bonds is 8. The molecule has 0 unspecified atom stereocenters. The van der Waals surface area contributed by atoms with Gasteiger partial charge < -0.3 is 19.5 Å². The van der Waals surface area contributed by atoms with Crippen molar-refractivity contribution in [1.29, 1.82) is 0 Å².